The van der Waals surface area contributed by atoms with Gasteiger partial charge in [0.2, 0.25) is 9.84 Å². The van der Waals surface area contributed by atoms with E-state index in [1.54, 1.807) is 6.07 Å². The minimum Gasteiger partial charge on any atom is -0.263 e. The standard InChI is InChI=1S/C7H7NO4S/c9-8(10)6-13(11,12)7-4-2-1-3-5-7/h1-5H,6H2. The molecule has 0 aliphatic heterocycles. The smallest absolute Gasteiger partial charge is 0.263 e. The van der Waals surface area contributed by atoms with Crippen molar-refractivity contribution in [1.29, 1.82) is 0 Å². The maximum atomic E-state index is 11.2. The molecule has 0 aromatic heterocycles. The van der Waals surface area contributed by atoms with Gasteiger partial charge in [-0.15, -0.1) is 0 Å². The van der Waals surface area contributed by atoms with Crippen molar-refractivity contribution in [2.24, 2.45) is 0 Å². The summed E-state index contributed by atoms with van der Waals surface area (Å²) >= 11 is 0. The molecule has 5 nitrogen and oxygen atoms in total. The van der Waals surface area contributed by atoms with Gasteiger partial charge in [-0.1, -0.05) is 18.2 Å². The van der Waals surface area contributed by atoms with Gasteiger partial charge in [0.15, 0.2) is 0 Å². The lowest BCUT2D eigenvalue weighted by Crippen LogP contribution is -2.14. The second-order valence-corrected chi connectivity index (χ2v) is 4.35. The van der Waals surface area contributed by atoms with Crippen molar-refractivity contribution in [1.82, 2.24) is 0 Å². The molecule has 0 N–H and O–H groups in total. The van der Waals surface area contributed by atoms with Crippen LogP contribution >= 0.6 is 0 Å². The number of hydrogen-bond acceptors (Lipinski definition) is 4. The van der Waals surface area contributed by atoms with E-state index in [1.165, 1.54) is 24.3 Å². The van der Waals surface area contributed by atoms with Crippen molar-refractivity contribution in [2.75, 3.05) is 5.88 Å². The van der Waals surface area contributed by atoms with E-state index in [0.717, 1.165) is 0 Å². The van der Waals surface area contributed by atoms with Gasteiger partial charge >= 0.3 is 5.88 Å². The fourth-order valence-electron chi connectivity index (χ4n) is 0.841. The molecule has 0 fully saturated rings. The molecule has 0 spiro atoms. The van der Waals surface area contributed by atoms with Crippen LogP contribution in [-0.2, 0) is 9.84 Å². The molecule has 0 aliphatic carbocycles. The molecule has 1 rings (SSSR count). The van der Waals surface area contributed by atoms with E-state index in [4.69, 9.17) is 0 Å². The number of rotatable bonds is 3. The van der Waals surface area contributed by atoms with Crippen molar-refractivity contribution >= 4 is 9.84 Å². The predicted octanol–water partition coefficient (Wildman–Crippen LogP) is 0.695. The number of nitrogens with zero attached hydrogens (tertiary/aromatic N) is 1. The zero-order chi connectivity index (χ0) is 9.90. The quantitative estimate of drug-likeness (QED) is 0.532. The van der Waals surface area contributed by atoms with Crippen molar-refractivity contribution in [3.05, 3.63) is 40.4 Å². The number of nitro groups is 1. The molecule has 0 saturated heterocycles. The third kappa shape index (κ3) is 2.51. The van der Waals surface area contributed by atoms with Gasteiger partial charge in [0.1, 0.15) is 0 Å². The summed E-state index contributed by atoms with van der Waals surface area (Å²) in [5, 5.41) is 10.0. The van der Waals surface area contributed by atoms with Gasteiger partial charge in [0, 0.05) is 4.92 Å². The molecule has 0 heterocycles. The first-order valence-corrected chi connectivity index (χ1v) is 5.07. The molecule has 0 atom stereocenters. The van der Waals surface area contributed by atoms with Gasteiger partial charge < -0.3 is 0 Å². The highest BCUT2D eigenvalue weighted by molar-refractivity contribution is 7.91. The lowest BCUT2D eigenvalue weighted by Gasteiger charge is -1.97. The highest BCUT2D eigenvalue weighted by atomic mass is 32.2. The summed E-state index contributed by atoms with van der Waals surface area (Å²) in [6, 6.07) is 7.35. The monoisotopic (exact) mass is 201 g/mol. The van der Waals surface area contributed by atoms with E-state index in [9.17, 15) is 18.5 Å². The van der Waals surface area contributed by atoms with Gasteiger partial charge in [-0.05, 0) is 12.1 Å². The first-order chi connectivity index (χ1) is 6.02. The molecular weight excluding hydrogens is 194 g/mol. The lowest BCUT2D eigenvalue weighted by molar-refractivity contribution is -0.458. The van der Waals surface area contributed by atoms with Gasteiger partial charge in [0.25, 0.3) is 0 Å². The van der Waals surface area contributed by atoms with Crippen LogP contribution in [0.3, 0.4) is 0 Å². The van der Waals surface area contributed by atoms with E-state index in [1.807, 2.05) is 0 Å². The third-order valence-electron chi connectivity index (χ3n) is 1.38. The minimum atomic E-state index is -3.76. The molecule has 1 aromatic carbocycles. The van der Waals surface area contributed by atoms with Crippen LogP contribution in [-0.4, -0.2) is 19.2 Å². The fourth-order valence-corrected chi connectivity index (χ4v) is 1.84. The van der Waals surface area contributed by atoms with Crippen LogP contribution in [0, 0.1) is 10.1 Å². The second-order valence-electron chi connectivity index (χ2n) is 2.39. The average Bonchev–Trinajstić information content (AvgIpc) is 2.04. The van der Waals surface area contributed by atoms with Crippen molar-refractivity contribution < 1.29 is 13.3 Å². The molecule has 70 valence electrons. The highest BCUT2D eigenvalue weighted by Gasteiger charge is 2.19. The average molecular weight is 201 g/mol. The van der Waals surface area contributed by atoms with Crippen LogP contribution in [0.2, 0.25) is 0 Å². The Kier molecular flexibility index (Phi) is 2.62. The molecular formula is C7H7NO4S. The van der Waals surface area contributed by atoms with Crippen LogP contribution < -0.4 is 0 Å². The molecule has 0 radical (unpaired) electrons. The first kappa shape index (κ1) is 9.66. The molecule has 0 aliphatic rings. The van der Waals surface area contributed by atoms with Crippen LogP contribution in [0.15, 0.2) is 35.2 Å². The normalized spacial score (nSPS) is 11.1. The summed E-state index contributed by atoms with van der Waals surface area (Å²) in [6.07, 6.45) is 0. The summed E-state index contributed by atoms with van der Waals surface area (Å²) in [5.74, 6) is -1.06. The maximum absolute atomic E-state index is 11.2. The Morgan fingerprint density at radius 1 is 1.23 bits per heavy atom. The molecule has 1 aromatic rings. The number of sulfone groups is 1. The molecule has 0 unspecified atom stereocenters. The second kappa shape index (κ2) is 3.53. The Bertz CT molecular complexity index is 398. The molecule has 0 bridgehead atoms. The zero-order valence-electron chi connectivity index (χ0n) is 6.58. The van der Waals surface area contributed by atoms with Crippen molar-refractivity contribution in [3.63, 3.8) is 0 Å². The van der Waals surface area contributed by atoms with Crippen LogP contribution in [0.5, 0.6) is 0 Å². The van der Waals surface area contributed by atoms with E-state index in [0.29, 0.717) is 0 Å². The van der Waals surface area contributed by atoms with Crippen LogP contribution in [0.4, 0.5) is 0 Å². The van der Waals surface area contributed by atoms with E-state index < -0.39 is 20.6 Å². The molecule has 0 saturated carbocycles. The topological polar surface area (TPSA) is 77.3 Å². The Balaban J connectivity index is 3.02. The summed E-state index contributed by atoms with van der Waals surface area (Å²) in [7, 11) is -3.76. The Morgan fingerprint density at radius 2 is 1.77 bits per heavy atom. The third-order valence-corrected chi connectivity index (χ3v) is 2.92. The maximum Gasteiger partial charge on any atom is 0.305 e. The highest BCUT2D eigenvalue weighted by Crippen LogP contribution is 2.09. The predicted molar refractivity (Wildman–Crippen MR) is 45.5 cm³/mol. The Morgan fingerprint density at radius 3 is 2.23 bits per heavy atom. The lowest BCUT2D eigenvalue weighted by atomic mass is 10.4. The molecule has 6 heteroatoms. The van der Waals surface area contributed by atoms with Crippen molar-refractivity contribution in [3.8, 4) is 0 Å². The SMILES string of the molecule is O=[N+]([O-])CS(=O)(=O)c1ccccc1. The number of benzene rings is 1. The number of hydrogen-bond donors (Lipinski definition) is 0. The summed E-state index contributed by atoms with van der Waals surface area (Å²) in [6.45, 7) is 0. The van der Waals surface area contributed by atoms with Gasteiger partial charge in [-0.3, -0.25) is 10.1 Å². The van der Waals surface area contributed by atoms with E-state index in [-0.39, 0.29) is 4.90 Å². The van der Waals surface area contributed by atoms with Gasteiger partial charge in [-0.2, -0.15) is 0 Å². The van der Waals surface area contributed by atoms with Crippen LogP contribution in [0.1, 0.15) is 0 Å². The van der Waals surface area contributed by atoms with Crippen molar-refractivity contribution in [2.45, 2.75) is 4.90 Å². The molecule has 0 amide bonds. The largest absolute Gasteiger partial charge is 0.305 e. The summed E-state index contributed by atoms with van der Waals surface area (Å²) < 4.78 is 22.4. The first-order valence-electron chi connectivity index (χ1n) is 3.42. The summed E-state index contributed by atoms with van der Waals surface area (Å²) in [4.78, 5) is 9.13. The van der Waals surface area contributed by atoms with Crippen LogP contribution in [0.25, 0.3) is 0 Å². The zero-order valence-corrected chi connectivity index (χ0v) is 7.40. The minimum absolute atomic E-state index is 0.0216. The Hall–Kier alpha value is -1.43. The van der Waals surface area contributed by atoms with Gasteiger partial charge in [0.05, 0.1) is 4.90 Å². The fraction of sp³-hybridized carbons (Fsp3) is 0.143. The summed E-state index contributed by atoms with van der Waals surface area (Å²) in [5.41, 5.74) is 0. The van der Waals surface area contributed by atoms with Gasteiger partial charge in [-0.25, -0.2) is 8.42 Å². The van der Waals surface area contributed by atoms with E-state index in [2.05, 4.69) is 0 Å². The van der Waals surface area contributed by atoms with E-state index >= 15 is 0 Å². The molecule has 13 heavy (non-hydrogen) atoms. The Labute approximate surface area is 75.1 Å².